The van der Waals surface area contributed by atoms with Crippen molar-refractivity contribution in [3.8, 4) is 0 Å². The van der Waals surface area contributed by atoms with Gasteiger partial charge in [-0.1, -0.05) is 0 Å². The fourth-order valence-corrected chi connectivity index (χ4v) is 1.37. The van der Waals surface area contributed by atoms with Crippen LogP contribution < -0.4 is 0 Å². The average molecular weight is 201 g/mol. The van der Waals surface area contributed by atoms with Gasteiger partial charge in [0.2, 0.25) is 0 Å². The summed E-state index contributed by atoms with van der Waals surface area (Å²) in [4.78, 5) is 2.45. The molecule has 0 aromatic heterocycles. The first-order valence-corrected chi connectivity index (χ1v) is 8.03. The third-order valence-electron chi connectivity index (χ3n) is 0.986. The monoisotopic (exact) mass is 203 g/mol. The van der Waals surface area contributed by atoms with E-state index in [0.717, 1.165) is 0 Å². The molecule has 0 radical (unpaired) electrons. The second-order valence-corrected chi connectivity index (χ2v) is 9.12. The van der Waals surface area contributed by atoms with Crippen LogP contribution in [0.15, 0.2) is 0 Å². The molecule has 0 aliphatic heterocycles. The summed E-state index contributed by atoms with van der Waals surface area (Å²) < 4.78 is 3.00. The molecule has 0 amide bonds. The van der Waals surface area contributed by atoms with Crippen LogP contribution in [0.1, 0.15) is 13.8 Å². The molecule has 0 atom stereocenters. The molecule has 0 N–H and O–H groups in total. The molecule has 6 heavy (non-hydrogen) atoms. The second-order valence-electron chi connectivity index (χ2n) is 1.36. The van der Waals surface area contributed by atoms with Crippen LogP contribution in [0.5, 0.6) is 0 Å². The Balaban J connectivity index is 2.75. The number of hydrogen-bond donors (Lipinski definition) is 0. The van der Waals surface area contributed by atoms with Gasteiger partial charge in [0, 0.05) is 0 Å². The van der Waals surface area contributed by atoms with Crippen LogP contribution in [0.4, 0.5) is 0 Å². The van der Waals surface area contributed by atoms with Gasteiger partial charge in [-0.15, -0.1) is 0 Å². The predicted molar refractivity (Wildman–Crippen MR) is 32.6 cm³/mol. The molecule has 0 heterocycles. The first kappa shape index (κ1) is 6.79. The molecule has 0 bridgehead atoms. The van der Waals surface area contributed by atoms with Gasteiger partial charge >= 0.3 is 47.3 Å². The molecule has 1 heteroatoms. The van der Waals surface area contributed by atoms with Crippen LogP contribution >= 0.6 is 0 Å². The van der Waals surface area contributed by atoms with Gasteiger partial charge in [-0.05, 0) is 0 Å². The normalized spacial score (nSPS) is 10.0. The Morgan fingerprint density at radius 2 is 1.50 bits per heavy atom. The van der Waals surface area contributed by atoms with Crippen LogP contribution in [0.25, 0.3) is 0 Å². The first-order valence-electron chi connectivity index (χ1n) is 2.40. The Hall–Kier alpha value is 0.790. The third-order valence-corrected chi connectivity index (χ3v) is 6.61. The van der Waals surface area contributed by atoms with Crippen LogP contribution in [0.2, 0.25) is 13.9 Å². The van der Waals surface area contributed by atoms with Crippen molar-refractivity contribution in [3.05, 3.63) is 0 Å². The van der Waals surface area contributed by atoms with Gasteiger partial charge in [-0.25, -0.2) is 0 Å². The summed E-state index contributed by atoms with van der Waals surface area (Å²) in [5.41, 5.74) is 0. The molecule has 0 saturated heterocycles. The maximum absolute atomic E-state index is 2.45. The quantitative estimate of drug-likeness (QED) is 0.600. The van der Waals surface area contributed by atoms with E-state index in [9.17, 15) is 0 Å². The van der Waals surface area contributed by atoms with Gasteiger partial charge in [0.15, 0.2) is 0 Å². The Morgan fingerprint density at radius 1 is 1.17 bits per heavy atom. The van der Waals surface area contributed by atoms with E-state index in [4.69, 9.17) is 0 Å². The van der Waals surface area contributed by atoms with E-state index in [1.54, 1.807) is 0 Å². The van der Waals surface area contributed by atoms with Crippen LogP contribution in [-0.4, -0.2) is 19.6 Å². The van der Waals surface area contributed by atoms with Gasteiger partial charge in [0.1, 0.15) is 0 Å². The topological polar surface area (TPSA) is 0 Å². The molecule has 0 unspecified atom stereocenters. The zero-order valence-electron chi connectivity index (χ0n) is 4.82. The molecule has 0 rings (SSSR count). The molecule has 0 fully saturated rings. The molecule has 0 nitrogen and oxygen atoms in total. The predicted octanol–water partition coefficient (Wildman–Crippen LogP) is 2.15. The van der Waals surface area contributed by atoms with E-state index < -0.39 is 19.6 Å². The van der Waals surface area contributed by atoms with Crippen molar-refractivity contribution in [1.29, 1.82) is 0 Å². The van der Waals surface area contributed by atoms with E-state index in [0.29, 0.717) is 0 Å². The van der Waals surface area contributed by atoms with Gasteiger partial charge in [0.25, 0.3) is 0 Å². The summed E-state index contributed by atoms with van der Waals surface area (Å²) in [5.74, 6) is 0. The van der Waals surface area contributed by atoms with Crippen molar-refractivity contribution in [2.45, 2.75) is 27.8 Å². The van der Waals surface area contributed by atoms with Crippen LogP contribution in [-0.2, 0) is 0 Å². The van der Waals surface area contributed by atoms with Gasteiger partial charge in [0.05, 0.1) is 0 Å². The molecular weight excluding hydrogens is 188 g/mol. The Bertz CT molecular complexity index is 23.1. The summed E-state index contributed by atoms with van der Waals surface area (Å²) in [6.07, 6.45) is 0. The maximum atomic E-state index is 2.45. The van der Waals surface area contributed by atoms with E-state index >= 15 is 0 Å². The Labute approximate surface area is 47.6 Å². The zero-order valence-corrected chi connectivity index (χ0v) is 7.15. The van der Waals surface area contributed by atoms with E-state index in [1.807, 2.05) is 0 Å². The van der Waals surface area contributed by atoms with Crippen molar-refractivity contribution in [3.63, 3.8) is 0 Å². The molecule has 0 aromatic carbocycles. The third kappa shape index (κ3) is 3.00. The van der Waals surface area contributed by atoms with Crippen molar-refractivity contribution in [2.75, 3.05) is 0 Å². The molecule has 0 saturated carbocycles. The number of hydrogen-bond acceptors (Lipinski definition) is 0. The van der Waals surface area contributed by atoms with Crippen molar-refractivity contribution in [1.82, 2.24) is 0 Å². The molecule has 0 aromatic rings. The summed E-state index contributed by atoms with van der Waals surface area (Å²) >= 11 is -0.406. The number of rotatable bonds is 2. The standard InChI is InChI=1S/C5H13Te/c1-4-6(3)5-2/h4-5H2,1-3H3/q+1. The Kier molecular flexibility index (Phi) is 4.48. The summed E-state index contributed by atoms with van der Waals surface area (Å²) in [5, 5.41) is 0. The van der Waals surface area contributed by atoms with Crippen molar-refractivity contribution >= 4 is 19.6 Å². The molecule has 0 spiro atoms. The minimum absolute atomic E-state index is 0.406. The van der Waals surface area contributed by atoms with Crippen LogP contribution in [0.3, 0.4) is 0 Å². The molecule has 0 aliphatic carbocycles. The van der Waals surface area contributed by atoms with E-state index in [-0.39, 0.29) is 0 Å². The fourth-order valence-electron chi connectivity index (χ4n) is 0.204. The first-order chi connectivity index (χ1) is 2.81. The minimum atomic E-state index is -0.406. The summed E-state index contributed by atoms with van der Waals surface area (Å²) in [6, 6.07) is 0. The average Bonchev–Trinajstić information content (AvgIpc) is 1.65. The second kappa shape index (κ2) is 3.96. The van der Waals surface area contributed by atoms with Crippen LogP contribution in [0, 0.1) is 0 Å². The fraction of sp³-hybridized carbons (Fsp3) is 1.00. The Morgan fingerprint density at radius 3 is 1.50 bits per heavy atom. The van der Waals surface area contributed by atoms with Gasteiger partial charge in [-0.3, -0.25) is 0 Å². The van der Waals surface area contributed by atoms with Crippen molar-refractivity contribution in [2.24, 2.45) is 0 Å². The van der Waals surface area contributed by atoms with Crippen molar-refractivity contribution < 1.29 is 0 Å². The molecule has 0 aliphatic rings. The molecule has 38 valence electrons. The zero-order chi connectivity index (χ0) is 4.99. The van der Waals surface area contributed by atoms with Gasteiger partial charge in [-0.2, -0.15) is 0 Å². The summed E-state index contributed by atoms with van der Waals surface area (Å²) in [6.45, 7) is 4.61. The van der Waals surface area contributed by atoms with E-state index in [1.165, 1.54) is 8.94 Å². The van der Waals surface area contributed by atoms with E-state index in [2.05, 4.69) is 18.8 Å². The molecular formula is C5H13Te+. The van der Waals surface area contributed by atoms with Gasteiger partial charge < -0.3 is 0 Å². The SMILES string of the molecule is CC[Te+](C)CC. The summed E-state index contributed by atoms with van der Waals surface area (Å²) in [7, 11) is 0.